The fourth-order valence-corrected chi connectivity index (χ4v) is 2.60. The molecule has 134 valence electrons. The lowest BCUT2D eigenvalue weighted by molar-refractivity contribution is 0.262. The molecule has 0 bridgehead atoms. The van der Waals surface area contributed by atoms with E-state index in [9.17, 15) is 9.18 Å². The summed E-state index contributed by atoms with van der Waals surface area (Å²) in [6, 6.07) is 16.3. The number of nitrogens with one attached hydrogen (secondary N) is 2. The van der Waals surface area contributed by atoms with Crippen LogP contribution in [0.4, 0.5) is 20.6 Å². The van der Waals surface area contributed by atoms with Gasteiger partial charge in [0.25, 0.3) is 0 Å². The average molecular weight is 362 g/mol. The molecule has 0 saturated heterocycles. The molecule has 0 radical (unpaired) electrons. The van der Waals surface area contributed by atoms with Gasteiger partial charge in [0.05, 0.1) is 11.4 Å². The number of hydrogen-bond acceptors (Lipinski definition) is 4. The van der Waals surface area contributed by atoms with Gasteiger partial charge in [-0.3, -0.25) is 0 Å². The maximum absolute atomic E-state index is 12.9. The van der Waals surface area contributed by atoms with E-state index in [2.05, 4.69) is 20.6 Å². The third kappa shape index (κ3) is 3.62. The molecule has 2 heterocycles. The number of oxazole rings is 1. The molecule has 0 aliphatic carbocycles. The summed E-state index contributed by atoms with van der Waals surface area (Å²) in [5.41, 5.74) is 3.36. The van der Waals surface area contributed by atoms with Crippen LogP contribution >= 0.6 is 0 Å². The van der Waals surface area contributed by atoms with Crippen molar-refractivity contribution < 1.29 is 13.6 Å². The number of hydrogen-bond donors (Lipinski definition) is 2. The third-order valence-corrected chi connectivity index (χ3v) is 3.95. The summed E-state index contributed by atoms with van der Waals surface area (Å²) in [6.07, 6.45) is 0. The second kappa shape index (κ2) is 6.87. The molecule has 2 aromatic heterocycles. The topological polar surface area (TPSA) is 80.1 Å². The van der Waals surface area contributed by atoms with Crippen LogP contribution in [0.5, 0.6) is 0 Å². The molecule has 7 heteroatoms. The van der Waals surface area contributed by atoms with Crippen molar-refractivity contribution in [2.45, 2.75) is 6.92 Å². The van der Waals surface area contributed by atoms with Crippen LogP contribution in [0.3, 0.4) is 0 Å². The number of amides is 2. The van der Waals surface area contributed by atoms with E-state index in [1.165, 1.54) is 24.3 Å². The summed E-state index contributed by atoms with van der Waals surface area (Å²) in [6.45, 7) is 1.76. The Kier molecular flexibility index (Phi) is 4.25. The van der Waals surface area contributed by atoms with Crippen molar-refractivity contribution in [2.75, 3.05) is 10.6 Å². The molecule has 2 N–H and O–H groups in total. The van der Waals surface area contributed by atoms with Crippen molar-refractivity contribution in [3.8, 4) is 11.5 Å². The summed E-state index contributed by atoms with van der Waals surface area (Å²) < 4.78 is 18.7. The lowest BCUT2D eigenvalue weighted by Crippen LogP contribution is -2.20. The number of aromatic nitrogens is 2. The Bertz CT molecular complexity index is 1110. The number of nitrogens with zero attached hydrogens (tertiary/aromatic N) is 2. The minimum absolute atomic E-state index is 0.369. The first-order chi connectivity index (χ1) is 13.1. The lowest BCUT2D eigenvalue weighted by atomic mass is 10.2. The zero-order chi connectivity index (χ0) is 18.8. The van der Waals surface area contributed by atoms with Gasteiger partial charge < -0.3 is 15.1 Å². The summed E-state index contributed by atoms with van der Waals surface area (Å²) in [7, 11) is 0. The number of urea groups is 1. The van der Waals surface area contributed by atoms with Gasteiger partial charge >= 0.3 is 6.03 Å². The van der Waals surface area contributed by atoms with Crippen molar-refractivity contribution in [3.05, 3.63) is 72.2 Å². The minimum Gasteiger partial charge on any atom is -0.418 e. The molecule has 2 amide bonds. The van der Waals surface area contributed by atoms with Crippen LogP contribution in [0.2, 0.25) is 0 Å². The monoisotopic (exact) mass is 362 g/mol. The quantitative estimate of drug-likeness (QED) is 0.538. The molecule has 0 aliphatic rings. The van der Waals surface area contributed by atoms with Crippen molar-refractivity contribution in [2.24, 2.45) is 0 Å². The van der Waals surface area contributed by atoms with Crippen LogP contribution in [0, 0.1) is 12.7 Å². The van der Waals surface area contributed by atoms with Gasteiger partial charge in [-0.15, -0.1) is 0 Å². The Morgan fingerprint density at radius 3 is 2.48 bits per heavy atom. The van der Waals surface area contributed by atoms with Gasteiger partial charge in [-0.2, -0.15) is 0 Å². The predicted octanol–water partition coefficient (Wildman–Crippen LogP) is 4.98. The van der Waals surface area contributed by atoms with E-state index in [1.54, 1.807) is 13.0 Å². The largest absolute Gasteiger partial charge is 0.418 e. The Labute approximate surface area is 154 Å². The molecule has 4 aromatic rings. The van der Waals surface area contributed by atoms with Crippen LogP contribution in [0.15, 0.2) is 65.1 Å². The van der Waals surface area contributed by atoms with Gasteiger partial charge in [-0.25, -0.2) is 19.2 Å². The maximum atomic E-state index is 12.9. The van der Waals surface area contributed by atoms with E-state index < -0.39 is 6.03 Å². The number of fused-ring (bicyclic) bond motifs is 1. The Morgan fingerprint density at radius 1 is 1.00 bits per heavy atom. The van der Waals surface area contributed by atoms with Crippen molar-refractivity contribution in [1.29, 1.82) is 0 Å². The zero-order valence-corrected chi connectivity index (χ0v) is 14.4. The highest BCUT2D eigenvalue weighted by atomic mass is 19.1. The number of rotatable bonds is 3. The van der Waals surface area contributed by atoms with E-state index in [1.807, 2.05) is 30.3 Å². The first-order valence-corrected chi connectivity index (χ1v) is 8.26. The molecule has 27 heavy (non-hydrogen) atoms. The van der Waals surface area contributed by atoms with Crippen molar-refractivity contribution in [3.63, 3.8) is 0 Å². The number of aryl methyl sites for hydroxylation is 1. The second-order valence-corrected chi connectivity index (χ2v) is 5.92. The highest BCUT2D eigenvalue weighted by molar-refractivity contribution is 6.00. The normalized spacial score (nSPS) is 10.7. The SMILES string of the molecule is Cc1nc2oc(-c3ccccc3)nc2cc1NC(=O)Nc1ccc(F)cc1. The number of benzene rings is 2. The second-order valence-electron chi connectivity index (χ2n) is 5.92. The first-order valence-electron chi connectivity index (χ1n) is 8.26. The number of anilines is 2. The Morgan fingerprint density at radius 2 is 1.74 bits per heavy atom. The van der Waals surface area contributed by atoms with E-state index in [-0.39, 0.29) is 5.82 Å². The predicted molar refractivity (Wildman–Crippen MR) is 101 cm³/mol. The standard InChI is InChI=1S/C20H15FN4O2/c1-12-16(25-20(26)23-15-9-7-14(21)8-10-15)11-17-19(22-12)27-18(24-17)13-5-3-2-4-6-13/h2-11H,1H3,(H2,23,25,26). The molecule has 4 rings (SSSR count). The maximum Gasteiger partial charge on any atom is 0.323 e. The molecule has 0 unspecified atom stereocenters. The van der Waals surface area contributed by atoms with E-state index in [4.69, 9.17) is 4.42 Å². The molecular weight excluding hydrogens is 347 g/mol. The fourth-order valence-electron chi connectivity index (χ4n) is 2.60. The molecule has 0 atom stereocenters. The van der Waals surface area contributed by atoms with Gasteiger partial charge in [0.15, 0.2) is 0 Å². The molecular formula is C20H15FN4O2. The Balaban J connectivity index is 1.57. The van der Waals surface area contributed by atoms with Crippen molar-refractivity contribution in [1.82, 2.24) is 9.97 Å². The fraction of sp³-hybridized carbons (Fsp3) is 0.0500. The molecule has 0 fully saturated rings. The summed E-state index contributed by atoms with van der Waals surface area (Å²) in [4.78, 5) is 21.0. The number of halogens is 1. The zero-order valence-electron chi connectivity index (χ0n) is 14.4. The van der Waals surface area contributed by atoms with E-state index in [0.717, 1.165) is 5.56 Å². The highest BCUT2D eigenvalue weighted by Gasteiger charge is 2.13. The number of carbonyl (C=O) groups is 1. The van der Waals surface area contributed by atoms with Crippen LogP contribution < -0.4 is 10.6 Å². The van der Waals surface area contributed by atoms with Gasteiger partial charge in [-0.1, -0.05) is 18.2 Å². The summed E-state index contributed by atoms with van der Waals surface area (Å²) in [5.74, 6) is 0.0946. The van der Waals surface area contributed by atoms with Crippen LogP contribution in [0.25, 0.3) is 22.7 Å². The van der Waals surface area contributed by atoms with Gasteiger partial charge in [0.1, 0.15) is 11.3 Å². The smallest absolute Gasteiger partial charge is 0.323 e. The van der Waals surface area contributed by atoms with Crippen LogP contribution in [-0.4, -0.2) is 16.0 Å². The molecule has 6 nitrogen and oxygen atoms in total. The molecule has 0 saturated carbocycles. The van der Waals surface area contributed by atoms with Crippen LogP contribution in [0.1, 0.15) is 5.69 Å². The molecule has 2 aromatic carbocycles. The van der Waals surface area contributed by atoms with E-state index >= 15 is 0 Å². The third-order valence-electron chi connectivity index (χ3n) is 3.95. The summed E-state index contributed by atoms with van der Waals surface area (Å²) >= 11 is 0. The van der Waals surface area contributed by atoms with E-state index in [0.29, 0.717) is 34.2 Å². The van der Waals surface area contributed by atoms with Gasteiger partial charge in [0, 0.05) is 11.3 Å². The number of carbonyl (C=O) groups excluding carboxylic acids is 1. The molecule has 0 spiro atoms. The lowest BCUT2D eigenvalue weighted by Gasteiger charge is -2.09. The van der Waals surface area contributed by atoms with Crippen molar-refractivity contribution >= 4 is 28.6 Å². The van der Waals surface area contributed by atoms with Crippen LogP contribution in [-0.2, 0) is 0 Å². The minimum atomic E-state index is -0.461. The highest BCUT2D eigenvalue weighted by Crippen LogP contribution is 2.26. The van der Waals surface area contributed by atoms with Gasteiger partial charge in [0.2, 0.25) is 11.6 Å². The average Bonchev–Trinajstić information content (AvgIpc) is 3.07. The molecule has 0 aliphatic heterocycles. The Hall–Kier alpha value is -3.74. The summed E-state index contributed by atoms with van der Waals surface area (Å²) in [5, 5.41) is 5.36. The van der Waals surface area contributed by atoms with Gasteiger partial charge in [-0.05, 0) is 49.4 Å². The first kappa shape index (κ1) is 16.7. The number of pyridine rings is 1.